The van der Waals surface area contributed by atoms with Crippen molar-refractivity contribution >= 4 is 28.5 Å². The second-order valence-electron chi connectivity index (χ2n) is 5.07. The Kier molecular flexibility index (Phi) is 6.06. The third-order valence-corrected chi connectivity index (χ3v) is 4.03. The predicted molar refractivity (Wildman–Crippen MR) is 85.1 cm³/mol. The first kappa shape index (κ1) is 16.2. The first-order valence-corrected chi connectivity index (χ1v) is 7.34. The molecular formula is C14H21IN2O2. The van der Waals surface area contributed by atoms with Gasteiger partial charge in [0.25, 0.3) is 5.91 Å². The van der Waals surface area contributed by atoms with Gasteiger partial charge in [0.1, 0.15) is 5.75 Å². The number of hydrogen-bond donors (Lipinski definition) is 2. The summed E-state index contributed by atoms with van der Waals surface area (Å²) in [4.78, 5) is 11.9. The highest BCUT2D eigenvalue weighted by Crippen LogP contribution is 2.15. The molecule has 0 aliphatic heterocycles. The van der Waals surface area contributed by atoms with Gasteiger partial charge in [0.2, 0.25) is 0 Å². The van der Waals surface area contributed by atoms with Crippen molar-refractivity contribution in [2.75, 3.05) is 13.2 Å². The predicted octanol–water partition coefficient (Wildman–Crippen LogP) is 2.16. The molecule has 0 spiro atoms. The molecule has 1 atom stereocenters. The van der Waals surface area contributed by atoms with Crippen molar-refractivity contribution in [1.29, 1.82) is 0 Å². The summed E-state index contributed by atoms with van der Waals surface area (Å²) in [5.74, 6) is 0.800. The number of nitrogens with one attached hydrogen (secondary N) is 1. The van der Waals surface area contributed by atoms with Gasteiger partial charge in [-0.15, -0.1) is 0 Å². The van der Waals surface area contributed by atoms with Crippen molar-refractivity contribution in [3.8, 4) is 5.75 Å². The van der Waals surface area contributed by atoms with Crippen LogP contribution in [0, 0.1) is 9.49 Å². The van der Waals surface area contributed by atoms with Crippen LogP contribution in [-0.4, -0.2) is 24.6 Å². The van der Waals surface area contributed by atoms with Crippen LogP contribution in [0.4, 0.5) is 0 Å². The average molecular weight is 376 g/mol. The van der Waals surface area contributed by atoms with Gasteiger partial charge in [-0.05, 0) is 59.7 Å². The molecule has 0 aliphatic rings. The minimum Gasteiger partial charge on any atom is -0.484 e. The smallest absolute Gasteiger partial charge is 0.258 e. The number of amides is 1. The molecule has 0 fully saturated rings. The SMILES string of the molecule is CC(C)C(C)(CN)NC(=O)COc1ccc(I)cc1. The van der Waals surface area contributed by atoms with E-state index in [1.165, 1.54) is 0 Å². The van der Waals surface area contributed by atoms with Gasteiger partial charge in [-0.3, -0.25) is 4.79 Å². The van der Waals surface area contributed by atoms with E-state index in [1.807, 2.05) is 45.0 Å². The summed E-state index contributed by atoms with van der Waals surface area (Å²) in [5.41, 5.74) is 5.33. The summed E-state index contributed by atoms with van der Waals surface area (Å²) in [6.07, 6.45) is 0. The lowest BCUT2D eigenvalue weighted by atomic mass is 9.88. The Balaban J connectivity index is 2.50. The largest absolute Gasteiger partial charge is 0.484 e. The lowest BCUT2D eigenvalue weighted by Gasteiger charge is -2.33. The van der Waals surface area contributed by atoms with Crippen LogP contribution in [0.2, 0.25) is 0 Å². The lowest BCUT2D eigenvalue weighted by Crippen LogP contribution is -2.56. The lowest BCUT2D eigenvalue weighted by molar-refractivity contribution is -0.125. The topological polar surface area (TPSA) is 64.3 Å². The van der Waals surface area contributed by atoms with Crippen LogP contribution in [0.3, 0.4) is 0 Å². The Morgan fingerprint density at radius 1 is 1.42 bits per heavy atom. The Labute approximate surface area is 128 Å². The molecule has 1 unspecified atom stereocenters. The van der Waals surface area contributed by atoms with E-state index < -0.39 is 5.54 Å². The van der Waals surface area contributed by atoms with Gasteiger partial charge in [0, 0.05) is 10.1 Å². The summed E-state index contributed by atoms with van der Waals surface area (Å²) < 4.78 is 6.57. The summed E-state index contributed by atoms with van der Waals surface area (Å²) in [5, 5.41) is 2.93. The van der Waals surface area contributed by atoms with E-state index in [0.717, 1.165) is 3.57 Å². The van der Waals surface area contributed by atoms with Crippen molar-refractivity contribution in [3.63, 3.8) is 0 Å². The standard InChI is InChI=1S/C14H21IN2O2/c1-10(2)14(3,9-16)17-13(18)8-19-12-6-4-11(15)5-7-12/h4-7,10H,8-9,16H2,1-3H3,(H,17,18). The molecule has 0 saturated carbocycles. The minimum atomic E-state index is -0.396. The van der Waals surface area contributed by atoms with Gasteiger partial charge in [0.15, 0.2) is 6.61 Å². The van der Waals surface area contributed by atoms with E-state index in [4.69, 9.17) is 10.5 Å². The Morgan fingerprint density at radius 3 is 2.47 bits per heavy atom. The molecule has 106 valence electrons. The molecule has 1 amide bonds. The number of carbonyl (C=O) groups excluding carboxylic acids is 1. The van der Waals surface area contributed by atoms with E-state index in [-0.39, 0.29) is 18.4 Å². The Bertz CT molecular complexity index is 420. The molecule has 4 nitrogen and oxygen atoms in total. The first-order chi connectivity index (χ1) is 8.87. The van der Waals surface area contributed by atoms with Crippen LogP contribution in [0.5, 0.6) is 5.75 Å². The molecule has 5 heteroatoms. The van der Waals surface area contributed by atoms with Crippen LogP contribution < -0.4 is 15.8 Å². The first-order valence-electron chi connectivity index (χ1n) is 6.27. The minimum absolute atomic E-state index is 0.00288. The Hall–Kier alpha value is -0.820. The van der Waals surface area contributed by atoms with E-state index in [9.17, 15) is 4.79 Å². The van der Waals surface area contributed by atoms with Crippen molar-refractivity contribution in [2.24, 2.45) is 11.7 Å². The Morgan fingerprint density at radius 2 is 2.00 bits per heavy atom. The molecule has 0 radical (unpaired) electrons. The van der Waals surface area contributed by atoms with Crippen LogP contribution in [-0.2, 0) is 4.79 Å². The van der Waals surface area contributed by atoms with Crippen molar-refractivity contribution < 1.29 is 9.53 Å². The highest BCUT2D eigenvalue weighted by atomic mass is 127. The number of rotatable bonds is 6. The summed E-state index contributed by atoms with van der Waals surface area (Å²) in [6.45, 7) is 6.42. The molecule has 0 aliphatic carbocycles. The monoisotopic (exact) mass is 376 g/mol. The van der Waals surface area contributed by atoms with E-state index in [1.54, 1.807) is 0 Å². The number of ether oxygens (including phenoxy) is 1. The molecule has 1 rings (SSSR count). The van der Waals surface area contributed by atoms with Gasteiger partial charge in [-0.1, -0.05) is 13.8 Å². The molecular weight excluding hydrogens is 355 g/mol. The highest BCUT2D eigenvalue weighted by molar-refractivity contribution is 14.1. The molecule has 0 heterocycles. The fourth-order valence-corrected chi connectivity index (χ4v) is 1.82. The molecule has 0 aromatic heterocycles. The second kappa shape index (κ2) is 7.09. The maximum Gasteiger partial charge on any atom is 0.258 e. The zero-order valence-electron chi connectivity index (χ0n) is 11.6. The highest BCUT2D eigenvalue weighted by Gasteiger charge is 2.28. The zero-order chi connectivity index (χ0) is 14.5. The fourth-order valence-electron chi connectivity index (χ4n) is 1.47. The zero-order valence-corrected chi connectivity index (χ0v) is 13.7. The van der Waals surface area contributed by atoms with Crippen molar-refractivity contribution in [2.45, 2.75) is 26.3 Å². The summed E-state index contributed by atoms with van der Waals surface area (Å²) in [6, 6.07) is 7.57. The van der Waals surface area contributed by atoms with Gasteiger partial charge in [-0.25, -0.2) is 0 Å². The number of hydrogen-bond acceptors (Lipinski definition) is 3. The molecule has 3 N–H and O–H groups in total. The van der Waals surface area contributed by atoms with Crippen LogP contribution in [0.25, 0.3) is 0 Å². The maximum absolute atomic E-state index is 11.9. The number of carbonyl (C=O) groups is 1. The van der Waals surface area contributed by atoms with E-state index in [2.05, 4.69) is 27.9 Å². The maximum atomic E-state index is 11.9. The van der Waals surface area contributed by atoms with Crippen molar-refractivity contribution in [3.05, 3.63) is 27.8 Å². The number of halogens is 1. The quantitative estimate of drug-likeness (QED) is 0.748. The summed E-state index contributed by atoms with van der Waals surface area (Å²) >= 11 is 2.22. The van der Waals surface area contributed by atoms with Gasteiger partial charge >= 0.3 is 0 Å². The normalized spacial score (nSPS) is 14.0. The van der Waals surface area contributed by atoms with Crippen molar-refractivity contribution in [1.82, 2.24) is 5.32 Å². The van der Waals surface area contributed by atoms with E-state index in [0.29, 0.717) is 12.3 Å². The van der Waals surface area contributed by atoms with Gasteiger partial charge in [0.05, 0.1) is 5.54 Å². The molecule has 19 heavy (non-hydrogen) atoms. The van der Waals surface area contributed by atoms with Crippen LogP contribution in [0.1, 0.15) is 20.8 Å². The summed E-state index contributed by atoms with van der Waals surface area (Å²) in [7, 11) is 0. The molecule has 0 bridgehead atoms. The number of nitrogens with two attached hydrogens (primary N) is 1. The second-order valence-corrected chi connectivity index (χ2v) is 6.31. The third kappa shape index (κ3) is 4.99. The van der Waals surface area contributed by atoms with Crippen LogP contribution in [0.15, 0.2) is 24.3 Å². The molecule has 1 aromatic carbocycles. The van der Waals surface area contributed by atoms with Gasteiger partial charge < -0.3 is 15.8 Å². The molecule has 1 aromatic rings. The van der Waals surface area contributed by atoms with E-state index >= 15 is 0 Å². The van der Waals surface area contributed by atoms with Gasteiger partial charge in [-0.2, -0.15) is 0 Å². The fraction of sp³-hybridized carbons (Fsp3) is 0.500. The molecule has 0 saturated heterocycles. The average Bonchev–Trinajstić information content (AvgIpc) is 2.37. The third-order valence-electron chi connectivity index (χ3n) is 3.31. The number of benzene rings is 1. The van der Waals surface area contributed by atoms with Crippen LogP contribution >= 0.6 is 22.6 Å².